The van der Waals surface area contributed by atoms with Crippen molar-refractivity contribution in [3.05, 3.63) is 53.6 Å². The fraction of sp³-hybridized carbons (Fsp3) is 0.286. The summed E-state index contributed by atoms with van der Waals surface area (Å²) < 4.78 is 2.17. The average Bonchev–Trinajstić information content (AvgIpc) is 2.87. The third-order valence-corrected chi connectivity index (χ3v) is 3.45. The molecule has 0 fully saturated rings. The van der Waals surface area contributed by atoms with Gasteiger partial charge in [0.15, 0.2) is 0 Å². The van der Waals surface area contributed by atoms with Gasteiger partial charge in [0.1, 0.15) is 0 Å². The molecule has 19 heavy (non-hydrogen) atoms. The minimum absolute atomic E-state index is 0.334. The summed E-state index contributed by atoms with van der Waals surface area (Å²) in [5.74, 6) is -0.881. The first-order chi connectivity index (χ1) is 9.22. The fourth-order valence-corrected chi connectivity index (χ4v) is 2.38. The zero-order valence-electron chi connectivity index (χ0n) is 10.5. The topological polar surface area (TPSA) is 58.4 Å². The zero-order valence-corrected chi connectivity index (χ0v) is 10.5. The Labute approximate surface area is 111 Å². The molecule has 2 heterocycles. The van der Waals surface area contributed by atoms with E-state index in [0.29, 0.717) is 5.56 Å². The molecular formula is C14H15N3O2. The number of fused-ring (bicyclic) bond motifs is 1. The van der Waals surface area contributed by atoms with Crippen LogP contribution in [-0.4, -0.2) is 32.1 Å². The van der Waals surface area contributed by atoms with Crippen LogP contribution in [0.15, 0.2) is 36.8 Å². The number of nitrogens with zero attached hydrogens (tertiary/aromatic N) is 3. The first-order valence-electron chi connectivity index (χ1n) is 6.26. The van der Waals surface area contributed by atoms with Crippen LogP contribution in [0.4, 0.5) is 0 Å². The van der Waals surface area contributed by atoms with Gasteiger partial charge in [0.25, 0.3) is 0 Å². The summed E-state index contributed by atoms with van der Waals surface area (Å²) in [4.78, 5) is 17.3. The lowest BCUT2D eigenvalue weighted by atomic mass is 10.1. The van der Waals surface area contributed by atoms with E-state index >= 15 is 0 Å². The van der Waals surface area contributed by atoms with Gasteiger partial charge in [-0.05, 0) is 17.7 Å². The molecule has 0 radical (unpaired) electrons. The summed E-state index contributed by atoms with van der Waals surface area (Å²) >= 11 is 0. The summed E-state index contributed by atoms with van der Waals surface area (Å²) in [5.41, 5.74) is 2.70. The molecule has 5 heteroatoms. The SMILES string of the molecule is O=C(O)c1ccc(CN2CCn3cncc3C2)cc1. The number of carboxylic acid groups (broad SMARTS) is 1. The Kier molecular flexibility index (Phi) is 3.05. The van der Waals surface area contributed by atoms with Crippen LogP contribution in [0.1, 0.15) is 21.6 Å². The highest BCUT2D eigenvalue weighted by Crippen LogP contribution is 2.15. The number of hydrogen-bond acceptors (Lipinski definition) is 3. The molecule has 1 N–H and O–H groups in total. The summed E-state index contributed by atoms with van der Waals surface area (Å²) in [6.07, 6.45) is 3.77. The highest BCUT2D eigenvalue weighted by Gasteiger charge is 2.15. The summed E-state index contributed by atoms with van der Waals surface area (Å²) in [6, 6.07) is 7.09. The van der Waals surface area contributed by atoms with Gasteiger partial charge in [-0.1, -0.05) is 12.1 Å². The van der Waals surface area contributed by atoms with Crippen LogP contribution in [0.3, 0.4) is 0 Å². The van der Waals surface area contributed by atoms with Gasteiger partial charge in [0.05, 0.1) is 17.6 Å². The fourth-order valence-electron chi connectivity index (χ4n) is 2.38. The number of imidazole rings is 1. The molecule has 1 aromatic heterocycles. The summed E-state index contributed by atoms with van der Waals surface area (Å²) in [7, 11) is 0. The molecule has 0 aliphatic carbocycles. The van der Waals surface area contributed by atoms with Gasteiger partial charge in [-0.3, -0.25) is 4.90 Å². The van der Waals surface area contributed by atoms with E-state index in [0.717, 1.165) is 31.7 Å². The molecule has 1 aliphatic rings. The highest BCUT2D eigenvalue weighted by atomic mass is 16.4. The maximum atomic E-state index is 10.8. The predicted molar refractivity (Wildman–Crippen MR) is 69.7 cm³/mol. The first-order valence-corrected chi connectivity index (χ1v) is 6.26. The second-order valence-corrected chi connectivity index (χ2v) is 4.79. The van der Waals surface area contributed by atoms with Gasteiger partial charge >= 0.3 is 5.97 Å². The van der Waals surface area contributed by atoms with E-state index in [-0.39, 0.29) is 0 Å². The van der Waals surface area contributed by atoms with Gasteiger partial charge in [0.2, 0.25) is 0 Å². The largest absolute Gasteiger partial charge is 0.478 e. The quantitative estimate of drug-likeness (QED) is 0.907. The van der Waals surface area contributed by atoms with Gasteiger partial charge in [-0.25, -0.2) is 9.78 Å². The molecule has 0 saturated heterocycles. The van der Waals surface area contributed by atoms with Crippen LogP contribution < -0.4 is 0 Å². The maximum Gasteiger partial charge on any atom is 0.335 e. The Morgan fingerprint density at radius 1 is 1.26 bits per heavy atom. The molecule has 3 rings (SSSR count). The zero-order chi connectivity index (χ0) is 13.2. The Bertz CT molecular complexity index is 589. The number of carboxylic acids is 1. The normalized spacial score (nSPS) is 15.2. The molecule has 5 nitrogen and oxygen atoms in total. The van der Waals surface area contributed by atoms with Crippen LogP contribution >= 0.6 is 0 Å². The molecule has 0 spiro atoms. The first kappa shape index (κ1) is 11.9. The van der Waals surface area contributed by atoms with Crippen molar-refractivity contribution in [2.24, 2.45) is 0 Å². The lowest BCUT2D eigenvalue weighted by molar-refractivity contribution is 0.0697. The van der Waals surface area contributed by atoms with Crippen molar-refractivity contribution in [3.8, 4) is 0 Å². The second kappa shape index (κ2) is 4.85. The Hall–Kier alpha value is -2.14. The van der Waals surface area contributed by atoms with Crippen LogP contribution in [-0.2, 0) is 19.6 Å². The van der Waals surface area contributed by atoms with Crippen molar-refractivity contribution < 1.29 is 9.90 Å². The number of rotatable bonds is 3. The van der Waals surface area contributed by atoms with E-state index < -0.39 is 5.97 Å². The molecule has 0 atom stereocenters. The number of aromatic carboxylic acids is 1. The lowest BCUT2D eigenvalue weighted by Gasteiger charge is -2.27. The lowest BCUT2D eigenvalue weighted by Crippen LogP contribution is -2.32. The minimum Gasteiger partial charge on any atom is -0.478 e. The van der Waals surface area contributed by atoms with Crippen LogP contribution in [0.2, 0.25) is 0 Å². The van der Waals surface area contributed by atoms with Gasteiger partial charge in [-0.2, -0.15) is 0 Å². The number of carbonyl (C=O) groups is 1. The van der Waals surface area contributed by atoms with Crippen LogP contribution in [0.25, 0.3) is 0 Å². The van der Waals surface area contributed by atoms with Crippen molar-refractivity contribution in [1.82, 2.24) is 14.5 Å². The Balaban J connectivity index is 1.68. The molecule has 0 unspecified atom stereocenters. The molecule has 0 saturated carbocycles. The maximum absolute atomic E-state index is 10.8. The van der Waals surface area contributed by atoms with Crippen molar-refractivity contribution in [2.45, 2.75) is 19.6 Å². The number of benzene rings is 1. The van der Waals surface area contributed by atoms with Crippen molar-refractivity contribution in [2.75, 3.05) is 6.54 Å². The van der Waals surface area contributed by atoms with Crippen molar-refractivity contribution >= 4 is 5.97 Å². The van der Waals surface area contributed by atoms with E-state index in [2.05, 4.69) is 14.5 Å². The molecule has 0 amide bonds. The van der Waals surface area contributed by atoms with E-state index in [9.17, 15) is 4.79 Å². The van der Waals surface area contributed by atoms with E-state index in [1.54, 1.807) is 12.1 Å². The standard InChI is InChI=1S/C14H15N3O2/c18-14(19)12-3-1-11(2-4-12)8-16-5-6-17-10-15-7-13(17)9-16/h1-4,7,10H,5-6,8-9H2,(H,18,19). The van der Waals surface area contributed by atoms with Crippen LogP contribution in [0.5, 0.6) is 0 Å². The highest BCUT2D eigenvalue weighted by molar-refractivity contribution is 5.87. The second-order valence-electron chi connectivity index (χ2n) is 4.79. The van der Waals surface area contributed by atoms with Crippen molar-refractivity contribution in [1.29, 1.82) is 0 Å². The molecule has 2 aromatic rings. The molecule has 1 aromatic carbocycles. The third kappa shape index (κ3) is 2.51. The Morgan fingerprint density at radius 2 is 2.05 bits per heavy atom. The Morgan fingerprint density at radius 3 is 2.79 bits per heavy atom. The van der Waals surface area contributed by atoms with E-state index in [1.807, 2.05) is 24.7 Å². The summed E-state index contributed by atoms with van der Waals surface area (Å²) in [5, 5.41) is 8.86. The molecule has 98 valence electrons. The summed E-state index contributed by atoms with van der Waals surface area (Å²) in [6.45, 7) is 3.68. The smallest absolute Gasteiger partial charge is 0.335 e. The molecular weight excluding hydrogens is 242 g/mol. The monoisotopic (exact) mass is 257 g/mol. The van der Waals surface area contributed by atoms with Crippen LogP contribution in [0, 0.1) is 0 Å². The van der Waals surface area contributed by atoms with Gasteiger partial charge < -0.3 is 9.67 Å². The van der Waals surface area contributed by atoms with E-state index in [1.165, 1.54) is 5.69 Å². The predicted octanol–water partition coefficient (Wildman–Crippen LogP) is 1.60. The number of aromatic nitrogens is 2. The third-order valence-electron chi connectivity index (χ3n) is 3.45. The van der Waals surface area contributed by atoms with Gasteiger partial charge in [0, 0.05) is 32.4 Å². The van der Waals surface area contributed by atoms with Crippen molar-refractivity contribution in [3.63, 3.8) is 0 Å². The molecule has 1 aliphatic heterocycles. The van der Waals surface area contributed by atoms with Gasteiger partial charge in [-0.15, -0.1) is 0 Å². The molecule has 0 bridgehead atoms. The number of hydrogen-bond donors (Lipinski definition) is 1. The average molecular weight is 257 g/mol. The van der Waals surface area contributed by atoms with E-state index in [4.69, 9.17) is 5.11 Å². The minimum atomic E-state index is -0.881.